The van der Waals surface area contributed by atoms with Crippen LogP contribution < -0.4 is 5.73 Å². The van der Waals surface area contributed by atoms with Gasteiger partial charge in [-0.05, 0) is 25.8 Å². The van der Waals surface area contributed by atoms with Crippen LogP contribution in [0.4, 0.5) is 14.5 Å². The molecule has 0 amide bonds. The largest absolute Gasteiger partial charge is 0.396 e. The summed E-state index contributed by atoms with van der Waals surface area (Å²) in [7, 11) is 0. The summed E-state index contributed by atoms with van der Waals surface area (Å²) in [5, 5.41) is 7.93. The van der Waals surface area contributed by atoms with E-state index in [1.165, 1.54) is 6.07 Å². The quantitative estimate of drug-likeness (QED) is 0.833. The third-order valence-electron chi connectivity index (χ3n) is 3.11. The van der Waals surface area contributed by atoms with E-state index in [4.69, 9.17) is 5.73 Å². The lowest BCUT2D eigenvalue weighted by atomic mass is 10.1. The van der Waals surface area contributed by atoms with Crippen molar-refractivity contribution in [3.8, 4) is 11.4 Å². The summed E-state index contributed by atoms with van der Waals surface area (Å²) in [6.07, 6.45) is 2.06. The van der Waals surface area contributed by atoms with E-state index < -0.39 is 11.6 Å². The lowest BCUT2D eigenvalue weighted by Crippen LogP contribution is -2.02. The van der Waals surface area contributed by atoms with Crippen LogP contribution in [0.2, 0.25) is 0 Å². The van der Waals surface area contributed by atoms with E-state index in [9.17, 15) is 8.78 Å². The van der Waals surface area contributed by atoms with Gasteiger partial charge in [0.25, 0.3) is 0 Å². The molecule has 6 heteroatoms. The second-order valence-electron chi connectivity index (χ2n) is 4.53. The molecule has 1 saturated carbocycles. The van der Waals surface area contributed by atoms with E-state index in [0.717, 1.165) is 24.7 Å². The molecule has 0 saturated heterocycles. The molecule has 94 valence electrons. The number of anilines is 1. The minimum absolute atomic E-state index is 0.0885. The Kier molecular flexibility index (Phi) is 2.33. The van der Waals surface area contributed by atoms with Crippen LogP contribution in [0.15, 0.2) is 12.1 Å². The molecule has 0 spiro atoms. The van der Waals surface area contributed by atoms with Gasteiger partial charge in [-0.3, -0.25) is 0 Å². The maximum Gasteiger partial charge on any atom is 0.167 e. The number of aryl methyl sites for hydroxylation is 1. The van der Waals surface area contributed by atoms with Crippen molar-refractivity contribution in [1.82, 2.24) is 14.8 Å². The molecule has 1 aliphatic rings. The van der Waals surface area contributed by atoms with Crippen LogP contribution in [-0.4, -0.2) is 14.8 Å². The molecule has 1 fully saturated rings. The van der Waals surface area contributed by atoms with Gasteiger partial charge in [0, 0.05) is 12.1 Å². The topological polar surface area (TPSA) is 56.7 Å². The van der Waals surface area contributed by atoms with Crippen molar-refractivity contribution in [1.29, 1.82) is 0 Å². The summed E-state index contributed by atoms with van der Waals surface area (Å²) >= 11 is 0. The fraction of sp³-hybridized carbons (Fsp3) is 0.333. The molecule has 0 bridgehead atoms. The Hall–Kier alpha value is -1.98. The zero-order valence-electron chi connectivity index (χ0n) is 9.82. The Morgan fingerprint density at radius 2 is 1.94 bits per heavy atom. The van der Waals surface area contributed by atoms with Crippen molar-refractivity contribution in [2.75, 3.05) is 5.73 Å². The summed E-state index contributed by atoms with van der Waals surface area (Å²) in [5.74, 6) is -0.282. The molecule has 0 atom stereocenters. The second-order valence-corrected chi connectivity index (χ2v) is 4.53. The molecule has 1 aliphatic carbocycles. The monoisotopic (exact) mass is 250 g/mol. The van der Waals surface area contributed by atoms with Gasteiger partial charge in [0.2, 0.25) is 0 Å². The summed E-state index contributed by atoms with van der Waals surface area (Å²) < 4.78 is 28.8. The van der Waals surface area contributed by atoms with Gasteiger partial charge in [0.05, 0.1) is 11.3 Å². The molecule has 1 aromatic carbocycles. The lowest BCUT2D eigenvalue weighted by molar-refractivity contribution is 0.586. The van der Waals surface area contributed by atoms with E-state index >= 15 is 0 Å². The summed E-state index contributed by atoms with van der Waals surface area (Å²) in [5.41, 5.74) is 5.58. The summed E-state index contributed by atoms with van der Waals surface area (Å²) in [6.45, 7) is 1.82. The van der Waals surface area contributed by atoms with Crippen molar-refractivity contribution in [3.63, 3.8) is 0 Å². The Bertz CT molecular complexity index is 617. The molecule has 0 radical (unpaired) electrons. The van der Waals surface area contributed by atoms with Crippen molar-refractivity contribution in [3.05, 3.63) is 29.6 Å². The smallest absolute Gasteiger partial charge is 0.167 e. The predicted octanol–water partition coefficient (Wildman–Crippen LogP) is 2.45. The van der Waals surface area contributed by atoms with E-state index in [1.807, 2.05) is 11.5 Å². The van der Waals surface area contributed by atoms with Gasteiger partial charge < -0.3 is 10.3 Å². The molecule has 0 unspecified atom stereocenters. The molecule has 4 nitrogen and oxygen atoms in total. The predicted molar refractivity (Wildman–Crippen MR) is 62.8 cm³/mol. The Balaban J connectivity index is 2.18. The maximum atomic E-state index is 13.8. The van der Waals surface area contributed by atoms with Crippen LogP contribution in [0, 0.1) is 18.6 Å². The average molecular weight is 250 g/mol. The molecular formula is C12H12F2N4. The number of rotatable bonds is 2. The molecule has 0 aliphatic heterocycles. The third kappa shape index (κ3) is 1.64. The minimum Gasteiger partial charge on any atom is -0.396 e. The normalized spacial score (nSPS) is 15.1. The number of hydrogen-bond acceptors (Lipinski definition) is 3. The number of benzene rings is 1. The fourth-order valence-electron chi connectivity index (χ4n) is 2.06. The van der Waals surface area contributed by atoms with E-state index in [0.29, 0.717) is 11.9 Å². The van der Waals surface area contributed by atoms with Gasteiger partial charge in [0.15, 0.2) is 5.82 Å². The highest BCUT2D eigenvalue weighted by Crippen LogP contribution is 2.39. The summed E-state index contributed by atoms with van der Waals surface area (Å²) in [6, 6.07) is 2.37. The molecule has 1 aromatic heterocycles. The van der Waals surface area contributed by atoms with E-state index in [2.05, 4.69) is 10.2 Å². The Morgan fingerprint density at radius 1 is 1.22 bits per heavy atom. The van der Waals surface area contributed by atoms with Crippen LogP contribution in [0.25, 0.3) is 11.4 Å². The standard InChI is InChI=1S/C12H12F2N4/c1-6-16-17-12(18(6)7-2-3-7)8-4-11(15)10(14)5-9(8)13/h4-5,7H,2-3,15H2,1H3. The highest BCUT2D eigenvalue weighted by atomic mass is 19.1. The van der Waals surface area contributed by atoms with Crippen LogP contribution in [0.5, 0.6) is 0 Å². The van der Waals surface area contributed by atoms with Crippen molar-refractivity contribution in [2.24, 2.45) is 0 Å². The van der Waals surface area contributed by atoms with Gasteiger partial charge >= 0.3 is 0 Å². The van der Waals surface area contributed by atoms with Gasteiger partial charge in [-0.1, -0.05) is 0 Å². The maximum absolute atomic E-state index is 13.8. The van der Waals surface area contributed by atoms with Gasteiger partial charge in [-0.25, -0.2) is 8.78 Å². The van der Waals surface area contributed by atoms with Crippen molar-refractivity contribution < 1.29 is 8.78 Å². The Morgan fingerprint density at radius 3 is 2.61 bits per heavy atom. The fourth-order valence-corrected chi connectivity index (χ4v) is 2.06. The van der Waals surface area contributed by atoms with Gasteiger partial charge in [-0.2, -0.15) is 0 Å². The molecule has 18 heavy (non-hydrogen) atoms. The molecule has 2 N–H and O–H groups in total. The highest BCUT2D eigenvalue weighted by Gasteiger charge is 2.29. The average Bonchev–Trinajstić information content (AvgIpc) is 3.08. The van der Waals surface area contributed by atoms with E-state index in [-0.39, 0.29) is 11.3 Å². The van der Waals surface area contributed by atoms with Crippen molar-refractivity contribution >= 4 is 5.69 Å². The molecular weight excluding hydrogens is 238 g/mol. The Labute approximate surface area is 102 Å². The van der Waals surface area contributed by atoms with E-state index in [1.54, 1.807) is 0 Å². The number of halogens is 2. The first-order valence-corrected chi connectivity index (χ1v) is 5.74. The van der Waals surface area contributed by atoms with Gasteiger partial charge in [-0.15, -0.1) is 10.2 Å². The number of nitrogens with two attached hydrogens (primary N) is 1. The summed E-state index contributed by atoms with van der Waals surface area (Å²) in [4.78, 5) is 0. The highest BCUT2D eigenvalue weighted by molar-refractivity contribution is 5.63. The molecule has 2 aromatic rings. The lowest BCUT2D eigenvalue weighted by Gasteiger charge is -2.08. The minimum atomic E-state index is -0.759. The van der Waals surface area contributed by atoms with Crippen LogP contribution in [0.3, 0.4) is 0 Å². The second kappa shape index (κ2) is 3.76. The number of hydrogen-bond donors (Lipinski definition) is 1. The van der Waals surface area contributed by atoms with Crippen LogP contribution >= 0.6 is 0 Å². The van der Waals surface area contributed by atoms with Crippen LogP contribution in [0.1, 0.15) is 24.7 Å². The molecule has 1 heterocycles. The zero-order chi connectivity index (χ0) is 12.9. The number of nitrogen functional groups attached to an aromatic ring is 1. The first-order valence-electron chi connectivity index (χ1n) is 5.74. The first kappa shape index (κ1) is 11.1. The number of nitrogens with zero attached hydrogens (tertiary/aromatic N) is 3. The van der Waals surface area contributed by atoms with Gasteiger partial charge in [0.1, 0.15) is 17.5 Å². The third-order valence-corrected chi connectivity index (χ3v) is 3.11. The number of aromatic nitrogens is 3. The SMILES string of the molecule is Cc1nnc(-c2cc(N)c(F)cc2F)n1C1CC1. The van der Waals surface area contributed by atoms with Crippen molar-refractivity contribution in [2.45, 2.75) is 25.8 Å². The molecule has 3 rings (SSSR count). The first-order chi connectivity index (χ1) is 8.58. The van der Waals surface area contributed by atoms with Crippen LogP contribution in [-0.2, 0) is 0 Å². The zero-order valence-corrected chi connectivity index (χ0v) is 9.82.